The number of aryl methyl sites for hydroxylation is 1. The molecule has 3 amide bonds. The molecule has 0 saturated carbocycles. The Balaban J connectivity index is 1.34. The van der Waals surface area contributed by atoms with Crippen molar-refractivity contribution in [2.24, 2.45) is 0 Å². The van der Waals surface area contributed by atoms with Crippen LogP contribution in [0.3, 0.4) is 0 Å². The number of nitrogens with zero attached hydrogens (tertiary/aromatic N) is 2. The van der Waals surface area contributed by atoms with Gasteiger partial charge < -0.3 is 25.0 Å². The van der Waals surface area contributed by atoms with E-state index in [2.05, 4.69) is 60.8 Å². The zero-order valence-corrected chi connectivity index (χ0v) is 19.8. The Morgan fingerprint density at radius 2 is 1.69 bits per heavy atom. The van der Waals surface area contributed by atoms with Gasteiger partial charge in [0.1, 0.15) is 12.3 Å². The molecule has 3 aromatic carbocycles. The highest BCUT2D eigenvalue weighted by Crippen LogP contribution is 2.43. The van der Waals surface area contributed by atoms with Gasteiger partial charge in [-0.3, -0.25) is 4.79 Å². The number of amides is 3. The molecule has 7 heteroatoms. The number of anilines is 1. The van der Waals surface area contributed by atoms with Crippen LogP contribution in [0.5, 0.6) is 5.75 Å². The third-order valence-electron chi connectivity index (χ3n) is 7.07. The molecular weight excluding hydrogens is 442 g/mol. The summed E-state index contributed by atoms with van der Waals surface area (Å²) in [6.45, 7) is 2.33. The summed E-state index contributed by atoms with van der Waals surface area (Å²) in [4.78, 5) is 29.2. The molecule has 2 saturated heterocycles. The molecule has 2 aliphatic rings. The Bertz CT molecular complexity index is 1230. The van der Waals surface area contributed by atoms with Crippen molar-refractivity contribution in [2.75, 3.05) is 32.1 Å². The number of carbonyl (C=O) groups is 2. The van der Waals surface area contributed by atoms with Gasteiger partial charge in [-0.15, -0.1) is 0 Å². The largest absolute Gasteiger partial charge is 0.495 e. The smallest absolute Gasteiger partial charge is 0.322 e. The summed E-state index contributed by atoms with van der Waals surface area (Å²) >= 11 is 0. The standard InChI is InChI=1S/C28H29N3O4/c1-18-7-9-19(10-8-18)20-11-13-21(14-12-20)27-23-15-30(16-26(33)31(23)24(27)17-32)28(34)29-22-5-3-4-6-25(22)35-2/h3-14,23-24,27,32H,15-17H2,1-2H3,(H,29,34)/t23-,24+,27+/m1/s1. The number of aliphatic hydroxyl groups excluding tert-OH is 1. The molecule has 0 radical (unpaired) electrons. The first-order valence-electron chi connectivity index (χ1n) is 11.8. The Hall–Kier alpha value is -3.84. The average molecular weight is 472 g/mol. The molecular formula is C28H29N3O4. The lowest BCUT2D eigenvalue weighted by atomic mass is 9.73. The number of aliphatic hydroxyl groups is 1. The molecule has 3 atom stereocenters. The number of ether oxygens (including phenoxy) is 1. The summed E-state index contributed by atoms with van der Waals surface area (Å²) in [5, 5.41) is 12.9. The molecule has 0 unspecified atom stereocenters. The molecule has 0 aliphatic carbocycles. The first-order valence-corrected chi connectivity index (χ1v) is 11.8. The van der Waals surface area contributed by atoms with Gasteiger partial charge in [0.25, 0.3) is 0 Å². The SMILES string of the molecule is COc1ccccc1NC(=O)N1CC(=O)N2[C@H](C1)[C@H](c1ccc(-c3ccc(C)cc3)cc1)[C@@H]2CO. The molecule has 2 aliphatic heterocycles. The topological polar surface area (TPSA) is 82.1 Å². The molecule has 3 aromatic rings. The van der Waals surface area contributed by atoms with E-state index in [0.717, 1.165) is 16.7 Å². The molecule has 5 rings (SSSR count). The predicted octanol–water partition coefficient (Wildman–Crippen LogP) is 3.87. The Morgan fingerprint density at radius 3 is 2.34 bits per heavy atom. The number of methoxy groups -OCH3 is 1. The molecule has 180 valence electrons. The van der Waals surface area contributed by atoms with Gasteiger partial charge in [-0.1, -0.05) is 66.2 Å². The number of hydrogen-bond acceptors (Lipinski definition) is 4. The van der Waals surface area contributed by atoms with Crippen molar-refractivity contribution in [1.29, 1.82) is 0 Å². The number of para-hydroxylation sites is 2. The number of hydrogen-bond donors (Lipinski definition) is 2. The minimum absolute atomic E-state index is 0.0208. The van der Waals surface area contributed by atoms with Crippen LogP contribution >= 0.6 is 0 Å². The summed E-state index contributed by atoms with van der Waals surface area (Å²) in [7, 11) is 1.55. The van der Waals surface area contributed by atoms with Crippen LogP contribution in [0.2, 0.25) is 0 Å². The summed E-state index contributed by atoms with van der Waals surface area (Å²) in [6, 6.07) is 23.0. The Kier molecular flexibility index (Phi) is 6.17. The van der Waals surface area contributed by atoms with Crippen LogP contribution in [-0.2, 0) is 4.79 Å². The van der Waals surface area contributed by atoms with Gasteiger partial charge in [-0.05, 0) is 35.7 Å². The predicted molar refractivity (Wildman–Crippen MR) is 134 cm³/mol. The van der Waals surface area contributed by atoms with Crippen LogP contribution in [0.25, 0.3) is 11.1 Å². The maximum Gasteiger partial charge on any atom is 0.322 e. The van der Waals surface area contributed by atoms with Crippen LogP contribution in [0.1, 0.15) is 17.0 Å². The van der Waals surface area contributed by atoms with E-state index in [-0.39, 0.29) is 43.1 Å². The number of urea groups is 1. The van der Waals surface area contributed by atoms with Gasteiger partial charge in [0.15, 0.2) is 0 Å². The second kappa shape index (κ2) is 9.43. The highest BCUT2D eigenvalue weighted by molar-refractivity contribution is 5.94. The van der Waals surface area contributed by atoms with Gasteiger partial charge in [0, 0.05) is 12.5 Å². The summed E-state index contributed by atoms with van der Waals surface area (Å²) in [5.41, 5.74) is 5.08. The van der Waals surface area contributed by atoms with Crippen LogP contribution in [-0.4, -0.2) is 65.7 Å². The lowest BCUT2D eigenvalue weighted by Crippen LogP contribution is -2.73. The summed E-state index contributed by atoms with van der Waals surface area (Å²) in [6.07, 6.45) is 0. The highest BCUT2D eigenvalue weighted by Gasteiger charge is 2.54. The van der Waals surface area contributed by atoms with E-state index in [9.17, 15) is 14.7 Å². The van der Waals surface area contributed by atoms with E-state index in [1.165, 1.54) is 10.5 Å². The van der Waals surface area contributed by atoms with E-state index < -0.39 is 0 Å². The van der Waals surface area contributed by atoms with Crippen LogP contribution in [0, 0.1) is 6.92 Å². The third kappa shape index (κ3) is 4.23. The molecule has 35 heavy (non-hydrogen) atoms. The Labute approximate surface area is 204 Å². The fourth-order valence-corrected chi connectivity index (χ4v) is 5.24. The molecule has 2 heterocycles. The van der Waals surface area contributed by atoms with Gasteiger partial charge in [-0.25, -0.2) is 4.79 Å². The zero-order valence-electron chi connectivity index (χ0n) is 19.8. The van der Waals surface area contributed by atoms with E-state index >= 15 is 0 Å². The number of benzene rings is 3. The van der Waals surface area contributed by atoms with Crippen molar-refractivity contribution in [3.63, 3.8) is 0 Å². The minimum Gasteiger partial charge on any atom is -0.495 e. The minimum atomic E-state index is -0.344. The highest BCUT2D eigenvalue weighted by atomic mass is 16.5. The first-order chi connectivity index (χ1) is 17.0. The van der Waals surface area contributed by atoms with Crippen LogP contribution < -0.4 is 10.1 Å². The zero-order chi connectivity index (χ0) is 24.5. The fraction of sp³-hybridized carbons (Fsp3) is 0.286. The van der Waals surface area contributed by atoms with Crippen LogP contribution in [0.4, 0.5) is 10.5 Å². The second-order valence-electron chi connectivity index (χ2n) is 9.14. The second-order valence-corrected chi connectivity index (χ2v) is 9.14. The quantitative estimate of drug-likeness (QED) is 0.592. The lowest BCUT2D eigenvalue weighted by molar-refractivity contribution is -0.159. The van der Waals surface area contributed by atoms with Gasteiger partial charge in [-0.2, -0.15) is 0 Å². The summed E-state index contributed by atoms with van der Waals surface area (Å²) in [5.74, 6) is 0.363. The monoisotopic (exact) mass is 471 g/mol. The van der Waals surface area contributed by atoms with Gasteiger partial charge >= 0.3 is 6.03 Å². The van der Waals surface area contributed by atoms with Crippen molar-refractivity contribution >= 4 is 17.6 Å². The molecule has 0 bridgehead atoms. The number of carbonyl (C=O) groups excluding carboxylic acids is 2. The van der Waals surface area contributed by atoms with E-state index in [1.807, 2.05) is 12.1 Å². The first kappa shape index (κ1) is 22.9. The number of fused-ring (bicyclic) bond motifs is 1. The normalized spacial score (nSPS) is 21.2. The van der Waals surface area contributed by atoms with Crippen molar-refractivity contribution in [3.8, 4) is 16.9 Å². The van der Waals surface area contributed by atoms with E-state index in [1.54, 1.807) is 24.1 Å². The van der Waals surface area contributed by atoms with Crippen molar-refractivity contribution in [2.45, 2.75) is 24.9 Å². The molecule has 0 aromatic heterocycles. The van der Waals surface area contributed by atoms with Gasteiger partial charge in [0.2, 0.25) is 5.91 Å². The third-order valence-corrected chi connectivity index (χ3v) is 7.07. The number of rotatable bonds is 5. The lowest BCUT2D eigenvalue weighted by Gasteiger charge is -2.58. The van der Waals surface area contributed by atoms with Crippen molar-refractivity contribution < 1.29 is 19.4 Å². The molecule has 2 N–H and O–H groups in total. The van der Waals surface area contributed by atoms with E-state index in [0.29, 0.717) is 18.0 Å². The number of nitrogens with one attached hydrogen (secondary N) is 1. The van der Waals surface area contributed by atoms with Crippen molar-refractivity contribution in [1.82, 2.24) is 9.80 Å². The molecule has 2 fully saturated rings. The van der Waals surface area contributed by atoms with Crippen molar-refractivity contribution in [3.05, 3.63) is 83.9 Å². The summed E-state index contributed by atoms with van der Waals surface area (Å²) < 4.78 is 5.32. The average Bonchev–Trinajstić information content (AvgIpc) is 2.86. The number of piperazine rings is 1. The molecule has 7 nitrogen and oxygen atoms in total. The van der Waals surface area contributed by atoms with Crippen LogP contribution in [0.15, 0.2) is 72.8 Å². The molecule has 0 spiro atoms. The Morgan fingerprint density at radius 1 is 1.03 bits per heavy atom. The fourth-order valence-electron chi connectivity index (χ4n) is 5.24. The van der Waals surface area contributed by atoms with Gasteiger partial charge in [0.05, 0.1) is 31.5 Å². The maximum absolute atomic E-state index is 13.0. The maximum atomic E-state index is 13.0. The van der Waals surface area contributed by atoms with E-state index in [4.69, 9.17) is 4.74 Å².